The monoisotopic (exact) mass is 586 g/mol. The minimum atomic E-state index is -4.12. The highest BCUT2D eigenvalue weighted by atomic mass is 32.2. The molecule has 3 heterocycles. The first-order chi connectivity index (χ1) is 20.3. The van der Waals surface area contributed by atoms with Gasteiger partial charge in [0.25, 0.3) is 10.0 Å². The molecule has 0 N–H and O–H groups in total. The fourth-order valence-corrected chi connectivity index (χ4v) is 6.60. The molecule has 2 aromatic heterocycles. The van der Waals surface area contributed by atoms with Crippen LogP contribution in [0.1, 0.15) is 24.3 Å². The molecule has 42 heavy (non-hydrogen) atoms. The van der Waals surface area contributed by atoms with Crippen LogP contribution in [-0.4, -0.2) is 55.5 Å². The van der Waals surface area contributed by atoms with E-state index in [0.29, 0.717) is 50.2 Å². The van der Waals surface area contributed by atoms with Crippen LogP contribution < -0.4 is 14.2 Å². The van der Waals surface area contributed by atoms with Crippen molar-refractivity contribution in [2.45, 2.75) is 18.0 Å². The quantitative estimate of drug-likeness (QED) is 0.269. The second-order valence-electron chi connectivity index (χ2n) is 9.39. The molecule has 0 aliphatic carbocycles. The molecule has 11 nitrogen and oxygen atoms in total. The minimum absolute atomic E-state index is 0.0537. The maximum Gasteiger partial charge on any atom is 0.270 e. The second-order valence-corrected chi connectivity index (χ2v) is 11.2. The highest BCUT2D eigenvalue weighted by Crippen LogP contribution is 2.41. The summed E-state index contributed by atoms with van der Waals surface area (Å²) in [7, 11) is 0.356. The van der Waals surface area contributed by atoms with E-state index in [4.69, 9.17) is 18.9 Å². The van der Waals surface area contributed by atoms with E-state index in [9.17, 15) is 13.2 Å². The molecule has 0 saturated heterocycles. The lowest BCUT2D eigenvalue weighted by atomic mass is 10.1. The number of hydrazone groups is 1. The Balaban J connectivity index is 1.48. The predicted molar refractivity (Wildman–Crippen MR) is 155 cm³/mol. The van der Waals surface area contributed by atoms with Crippen LogP contribution in [-0.2, 0) is 19.6 Å². The number of aromatic nitrogens is 2. The molecule has 5 aromatic rings. The third-order valence-corrected chi connectivity index (χ3v) is 8.69. The van der Waals surface area contributed by atoms with Crippen LogP contribution in [0.15, 0.2) is 89.1 Å². The molecule has 12 heteroatoms. The Labute approximate surface area is 241 Å². The van der Waals surface area contributed by atoms with Crippen molar-refractivity contribution >= 4 is 43.6 Å². The maximum absolute atomic E-state index is 14.1. The van der Waals surface area contributed by atoms with Gasteiger partial charge in [-0.15, -0.1) is 5.10 Å². The van der Waals surface area contributed by atoms with Gasteiger partial charge in [0.1, 0.15) is 4.90 Å². The van der Waals surface area contributed by atoms with Crippen LogP contribution in [0.25, 0.3) is 21.8 Å². The summed E-state index contributed by atoms with van der Waals surface area (Å²) in [6.07, 6.45) is 1.97. The molecule has 6 rings (SSSR count). The van der Waals surface area contributed by atoms with Crippen molar-refractivity contribution < 1.29 is 32.2 Å². The van der Waals surface area contributed by atoms with Gasteiger partial charge in [-0.05, 0) is 30.3 Å². The number of para-hydroxylation sites is 2. The van der Waals surface area contributed by atoms with E-state index in [1.807, 2.05) is 0 Å². The van der Waals surface area contributed by atoms with Crippen molar-refractivity contribution in [2.24, 2.45) is 5.10 Å². The molecule has 0 spiro atoms. The summed E-state index contributed by atoms with van der Waals surface area (Å²) >= 11 is 0. The minimum Gasteiger partial charge on any atom is -0.493 e. The number of rotatable bonds is 7. The number of ether oxygens (including phenoxy) is 4. The molecule has 1 amide bonds. The molecule has 0 radical (unpaired) electrons. The average molecular weight is 587 g/mol. The fourth-order valence-electron chi connectivity index (χ4n) is 5.05. The molecule has 0 fully saturated rings. The zero-order valence-electron chi connectivity index (χ0n) is 23.1. The Bertz CT molecular complexity index is 1970. The SMILES string of the molecule is COc1cc(C2=NN(C(C)=O)C(c3cn(S(=O)(=O)c4cccc5cccnc45)c4ccccc34)O2)cc(OC)c1OC. The summed E-state index contributed by atoms with van der Waals surface area (Å²) < 4.78 is 52.1. The number of carbonyl (C=O) groups is 1. The number of pyridine rings is 1. The van der Waals surface area contributed by atoms with Crippen molar-refractivity contribution in [3.05, 3.63) is 90.3 Å². The molecular formula is C30H26N4O7S. The Hall–Kier alpha value is -5.10. The number of nitrogens with zero attached hydrogens (tertiary/aromatic N) is 4. The zero-order valence-corrected chi connectivity index (χ0v) is 24.0. The third kappa shape index (κ3) is 4.27. The third-order valence-electron chi connectivity index (χ3n) is 6.99. The van der Waals surface area contributed by atoms with Crippen molar-refractivity contribution in [1.82, 2.24) is 14.0 Å². The van der Waals surface area contributed by atoms with Gasteiger partial charge in [0.15, 0.2) is 11.5 Å². The van der Waals surface area contributed by atoms with Gasteiger partial charge < -0.3 is 18.9 Å². The first kappa shape index (κ1) is 27.1. The molecular weight excluding hydrogens is 560 g/mol. The summed E-state index contributed by atoms with van der Waals surface area (Å²) in [4.78, 5) is 17.2. The average Bonchev–Trinajstić information content (AvgIpc) is 3.63. The Morgan fingerprint density at radius 2 is 1.64 bits per heavy atom. The summed E-state index contributed by atoms with van der Waals surface area (Å²) in [6.45, 7) is 1.36. The largest absolute Gasteiger partial charge is 0.493 e. The Kier molecular flexibility index (Phi) is 6.70. The van der Waals surface area contributed by atoms with Gasteiger partial charge in [-0.3, -0.25) is 9.78 Å². The molecule has 1 atom stereocenters. The van der Waals surface area contributed by atoms with Crippen LogP contribution >= 0.6 is 0 Å². The Morgan fingerprint density at radius 3 is 2.33 bits per heavy atom. The fraction of sp³-hybridized carbons (Fsp3) is 0.167. The van der Waals surface area contributed by atoms with E-state index >= 15 is 0 Å². The summed E-state index contributed by atoms with van der Waals surface area (Å²) in [5, 5.41) is 6.90. The van der Waals surface area contributed by atoms with Gasteiger partial charge in [0.05, 0.1) is 32.4 Å². The van der Waals surface area contributed by atoms with E-state index in [0.717, 1.165) is 0 Å². The van der Waals surface area contributed by atoms with Crippen LogP contribution in [0, 0.1) is 0 Å². The summed E-state index contributed by atoms with van der Waals surface area (Å²) in [5.74, 6) is 0.857. The molecule has 214 valence electrons. The first-order valence-electron chi connectivity index (χ1n) is 12.8. The van der Waals surface area contributed by atoms with Crippen LogP contribution in [0.4, 0.5) is 0 Å². The predicted octanol–water partition coefficient (Wildman–Crippen LogP) is 4.69. The molecule has 1 unspecified atom stereocenters. The summed E-state index contributed by atoms with van der Waals surface area (Å²) in [5.41, 5.74) is 1.67. The van der Waals surface area contributed by atoms with Crippen molar-refractivity contribution in [2.75, 3.05) is 21.3 Å². The first-order valence-corrected chi connectivity index (χ1v) is 14.3. The van der Waals surface area contributed by atoms with E-state index < -0.39 is 22.2 Å². The number of hydrogen-bond donors (Lipinski definition) is 0. The van der Waals surface area contributed by atoms with E-state index in [-0.39, 0.29) is 10.8 Å². The van der Waals surface area contributed by atoms with Crippen LogP contribution in [0.3, 0.4) is 0 Å². The normalized spacial score (nSPS) is 15.0. The van der Waals surface area contributed by atoms with Gasteiger partial charge in [-0.2, -0.15) is 5.01 Å². The van der Waals surface area contributed by atoms with E-state index in [1.165, 1.54) is 49.5 Å². The maximum atomic E-state index is 14.1. The van der Waals surface area contributed by atoms with Crippen molar-refractivity contribution in [1.29, 1.82) is 0 Å². The smallest absolute Gasteiger partial charge is 0.270 e. The highest BCUT2D eigenvalue weighted by Gasteiger charge is 2.37. The second kappa shape index (κ2) is 10.4. The zero-order chi connectivity index (χ0) is 29.6. The van der Waals surface area contributed by atoms with Crippen LogP contribution in [0.5, 0.6) is 17.2 Å². The lowest BCUT2D eigenvalue weighted by Crippen LogP contribution is -2.25. The van der Waals surface area contributed by atoms with E-state index in [2.05, 4.69) is 10.1 Å². The lowest BCUT2D eigenvalue weighted by molar-refractivity contribution is -0.135. The molecule has 0 saturated carbocycles. The van der Waals surface area contributed by atoms with E-state index in [1.54, 1.807) is 66.9 Å². The van der Waals surface area contributed by atoms with Gasteiger partial charge in [-0.1, -0.05) is 36.4 Å². The van der Waals surface area contributed by atoms with Gasteiger partial charge in [0, 0.05) is 41.2 Å². The molecule has 0 bridgehead atoms. The highest BCUT2D eigenvalue weighted by molar-refractivity contribution is 7.90. The summed E-state index contributed by atoms with van der Waals surface area (Å²) in [6, 6.07) is 18.9. The molecule has 1 aliphatic rings. The van der Waals surface area contributed by atoms with Crippen molar-refractivity contribution in [3.63, 3.8) is 0 Å². The van der Waals surface area contributed by atoms with Gasteiger partial charge in [0.2, 0.25) is 23.8 Å². The molecule has 1 aliphatic heterocycles. The topological polar surface area (TPSA) is 122 Å². The number of fused-ring (bicyclic) bond motifs is 2. The standard InChI is InChI=1S/C30H26N4O7S/c1-18(35)34-30(41-29(32-34)20-15-24(38-2)28(40-4)25(16-20)39-3)22-17-33(23-12-6-5-11-21(22)23)42(36,37)26-13-7-9-19-10-8-14-31-27(19)26/h5-17,30H,1-4H3. The number of benzene rings is 3. The van der Waals surface area contributed by atoms with Crippen molar-refractivity contribution in [3.8, 4) is 17.2 Å². The lowest BCUT2D eigenvalue weighted by Gasteiger charge is -2.18. The molecule has 3 aromatic carbocycles. The number of methoxy groups -OCH3 is 3. The number of carbonyl (C=O) groups excluding carboxylic acids is 1. The number of hydrogen-bond acceptors (Lipinski definition) is 9. The number of amides is 1. The van der Waals surface area contributed by atoms with Gasteiger partial charge in [-0.25, -0.2) is 12.4 Å². The van der Waals surface area contributed by atoms with Crippen LogP contribution in [0.2, 0.25) is 0 Å². The Morgan fingerprint density at radius 1 is 0.929 bits per heavy atom. The van der Waals surface area contributed by atoms with Gasteiger partial charge >= 0.3 is 0 Å².